The number of hydrogen-bond donors (Lipinski definition) is 2. The van der Waals surface area contributed by atoms with E-state index in [9.17, 15) is 9.59 Å². The molecule has 0 radical (unpaired) electrons. The molecule has 2 N–H and O–H groups in total. The minimum Gasteiger partial charge on any atom is -0.337 e. The number of aromatic nitrogens is 1. The highest BCUT2D eigenvalue weighted by atomic mass is 35.5. The van der Waals surface area contributed by atoms with E-state index in [2.05, 4.69) is 22.5 Å². The van der Waals surface area contributed by atoms with E-state index in [1.54, 1.807) is 29.6 Å². The summed E-state index contributed by atoms with van der Waals surface area (Å²) >= 11 is 7.04. The van der Waals surface area contributed by atoms with Crippen molar-refractivity contribution < 1.29 is 9.59 Å². The number of nitrogens with zero attached hydrogens (tertiary/aromatic N) is 2. The maximum absolute atomic E-state index is 12.5. The molecule has 2 heterocycles. The molecule has 2 aromatic rings. The van der Waals surface area contributed by atoms with E-state index in [1.165, 1.54) is 11.3 Å². The summed E-state index contributed by atoms with van der Waals surface area (Å²) in [5, 5.41) is 8.00. The van der Waals surface area contributed by atoms with Crippen LogP contribution in [0.5, 0.6) is 0 Å². The van der Waals surface area contributed by atoms with E-state index in [0.717, 1.165) is 25.9 Å². The summed E-state index contributed by atoms with van der Waals surface area (Å²) in [4.78, 5) is 30.5. The summed E-state index contributed by atoms with van der Waals surface area (Å²) < 4.78 is 0. The van der Waals surface area contributed by atoms with Crippen molar-refractivity contribution in [1.29, 1.82) is 0 Å². The number of thiazole rings is 1. The number of benzene rings is 1. The summed E-state index contributed by atoms with van der Waals surface area (Å²) in [7, 11) is 0. The van der Waals surface area contributed by atoms with Crippen LogP contribution in [0, 0.1) is 5.92 Å². The Kier molecular flexibility index (Phi) is 5.55. The van der Waals surface area contributed by atoms with Gasteiger partial charge in [-0.2, -0.15) is 0 Å². The Labute approximate surface area is 155 Å². The average Bonchev–Trinajstić information content (AvgIpc) is 3.05. The van der Waals surface area contributed by atoms with Crippen LogP contribution in [0.1, 0.15) is 30.3 Å². The highest BCUT2D eigenvalue weighted by Crippen LogP contribution is 2.21. The Bertz CT molecular complexity index is 754. The fraction of sp³-hybridized carbons (Fsp3) is 0.353. The van der Waals surface area contributed by atoms with E-state index in [4.69, 9.17) is 11.6 Å². The minimum absolute atomic E-state index is 0.0747. The van der Waals surface area contributed by atoms with Crippen LogP contribution in [-0.4, -0.2) is 34.9 Å². The lowest BCUT2D eigenvalue weighted by Crippen LogP contribution is -2.38. The molecule has 1 aromatic carbocycles. The standard InChI is InChI=1S/C17H19ClN4O2S/c1-11-6-8-22(9-7-11)15(23)14-10-25-17(20-14)21-16(24)19-13-4-2-12(18)3-5-13/h2-5,10-11H,6-9H2,1H3,(H2,19,20,21,24). The molecule has 25 heavy (non-hydrogen) atoms. The van der Waals surface area contributed by atoms with Crippen LogP contribution >= 0.6 is 22.9 Å². The van der Waals surface area contributed by atoms with Gasteiger partial charge in [-0.15, -0.1) is 11.3 Å². The largest absolute Gasteiger partial charge is 0.337 e. The molecule has 3 amide bonds. The van der Waals surface area contributed by atoms with E-state index in [-0.39, 0.29) is 5.91 Å². The topological polar surface area (TPSA) is 74.3 Å². The molecule has 0 aliphatic carbocycles. The van der Waals surface area contributed by atoms with Crippen molar-refractivity contribution in [3.63, 3.8) is 0 Å². The lowest BCUT2D eigenvalue weighted by molar-refractivity contribution is 0.0692. The van der Waals surface area contributed by atoms with Crippen LogP contribution < -0.4 is 10.6 Å². The maximum atomic E-state index is 12.5. The molecule has 0 unspecified atom stereocenters. The molecule has 1 aliphatic heterocycles. The number of piperidine rings is 1. The second kappa shape index (κ2) is 7.84. The number of carbonyl (C=O) groups excluding carboxylic acids is 2. The third-order valence-corrected chi connectivity index (χ3v) is 5.13. The zero-order chi connectivity index (χ0) is 17.8. The van der Waals surface area contributed by atoms with Gasteiger partial charge in [0.25, 0.3) is 5.91 Å². The normalized spacial score (nSPS) is 15.0. The molecule has 0 atom stereocenters. The minimum atomic E-state index is -0.414. The second-order valence-electron chi connectivity index (χ2n) is 6.10. The number of hydrogen-bond acceptors (Lipinski definition) is 4. The highest BCUT2D eigenvalue weighted by molar-refractivity contribution is 7.14. The van der Waals surface area contributed by atoms with Crippen molar-refractivity contribution in [3.8, 4) is 0 Å². The predicted molar refractivity (Wildman–Crippen MR) is 101 cm³/mol. The van der Waals surface area contributed by atoms with Crippen molar-refractivity contribution in [2.24, 2.45) is 5.92 Å². The van der Waals surface area contributed by atoms with Crippen molar-refractivity contribution in [2.45, 2.75) is 19.8 Å². The predicted octanol–water partition coefficient (Wildman–Crippen LogP) is 4.31. The number of urea groups is 1. The number of rotatable bonds is 3. The van der Waals surface area contributed by atoms with Crippen molar-refractivity contribution >= 4 is 45.7 Å². The average molecular weight is 379 g/mol. The molecule has 0 bridgehead atoms. The number of likely N-dealkylation sites (tertiary alicyclic amines) is 1. The van der Waals surface area contributed by atoms with Crippen LogP contribution in [0.4, 0.5) is 15.6 Å². The van der Waals surface area contributed by atoms with Gasteiger partial charge in [0.15, 0.2) is 5.13 Å². The van der Waals surface area contributed by atoms with Gasteiger partial charge in [0.1, 0.15) is 5.69 Å². The van der Waals surface area contributed by atoms with Crippen LogP contribution in [0.2, 0.25) is 5.02 Å². The van der Waals surface area contributed by atoms with Crippen LogP contribution in [0.25, 0.3) is 0 Å². The van der Waals surface area contributed by atoms with Crippen LogP contribution in [0.15, 0.2) is 29.6 Å². The Balaban J connectivity index is 1.56. The molecule has 1 fully saturated rings. The van der Waals surface area contributed by atoms with Crippen LogP contribution in [0.3, 0.4) is 0 Å². The molecule has 6 nitrogen and oxygen atoms in total. The van der Waals surface area contributed by atoms with Gasteiger partial charge in [0.05, 0.1) is 0 Å². The molecule has 3 rings (SSSR count). The number of carbonyl (C=O) groups is 2. The third-order valence-electron chi connectivity index (χ3n) is 4.12. The fourth-order valence-electron chi connectivity index (χ4n) is 2.60. The Morgan fingerprint density at radius 1 is 1.20 bits per heavy atom. The van der Waals surface area contributed by atoms with Gasteiger partial charge in [0, 0.05) is 29.2 Å². The lowest BCUT2D eigenvalue weighted by Gasteiger charge is -2.29. The molecule has 1 aliphatic rings. The maximum Gasteiger partial charge on any atom is 0.325 e. The number of amides is 3. The first-order valence-corrected chi connectivity index (χ1v) is 9.35. The SMILES string of the molecule is CC1CCN(C(=O)c2csc(NC(=O)Nc3ccc(Cl)cc3)n2)CC1. The van der Waals surface area contributed by atoms with Crippen LogP contribution in [-0.2, 0) is 0 Å². The highest BCUT2D eigenvalue weighted by Gasteiger charge is 2.23. The number of nitrogens with one attached hydrogen (secondary N) is 2. The summed E-state index contributed by atoms with van der Waals surface area (Å²) in [5.41, 5.74) is 0.999. The lowest BCUT2D eigenvalue weighted by atomic mass is 9.99. The first-order chi connectivity index (χ1) is 12.0. The van der Waals surface area contributed by atoms with E-state index < -0.39 is 6.03 Å². The second-order valence-corrected chi connectivity index (χ2v) is 7.39. The zero-order valence-corrected chi connectivity index (χ0v) is 15.4. The van der Waals surface area contributed by atoms with Gasteiger partial charge in [-0.1, -0.05) is 18.5 Å². The van der Waals surface area contributed by atoms with Gasteiger partial charge in [-0.3, -0.25) is 10.1 Å². The van der Waals surface area contributed by atoms with E-state index >= 15 is 0 Å². The molecular weight excluding hydrogens is 360 g/mol. The van der Waals surface area contributed by atoms with Gasteiger partial charge < -0.3 is 10.2 Å². The van der Waals surface area contributed by atoms with Gasteiger partial charge >= 0.3 is 6.03 Å². The molecule has 0 spiro atoms. The van der Waals surface area contributed by atoms with Crippen molar-refractivity contribution in [2.75, 3.05) is 23.7 Å². The number of halogens is 1. The summed E-state index contributed by atoms with van der Waals surface area (Å²) in [6.07, 6.45) is 2.04. The number of anilines is 2. The molecular formula is C17H19ClN4O2S. The molecule has 8 heteroatoms. The van der Waals surface area contributed by atoms with Crippen molar-refractivity contribution in [1.82, 2.24) is 9.88 Å². The molecule has 132 valence electrons. The summed E-state index contributed by atoms with van der Waals surface area (Å²) in [6.45, 7) is 3.72. The monoisotopic (exact) mass is 378 g/mol. The first kappa shape index (κ1) is 17.7. The first-order valence-electron chi connectivity index (χ1n) is 8.09. The van der Waals surface area contributed by atoms with Gasteiger partial charge in [-0.25, -0.2) is 9.78 Å². The Morgan fingerprint density at radius 2 is 1.88 bits per heavy atom. The summed E-state index contributed by atoms with van der Waals surface area (Å²) in [5.74, 6) is 0.586. The third kappa shape index (κ3) is 4.70. The van der Waals surface area contributed by atoms with E-state index in [1.807, 2.05) is 4.90 Å². The molecule has 0 saturated carbocycles. The summed E-state index contributed by atoms with van der Waals surface area (Å²) in [6, 6.07) is 6.38. The Morgan fingerprint density at radius 3 is 2.56 bits per heavy atom. The smallest absolute Gasteiger partial charge is 0.325 e. The van der Waals surface area contributed by atoms with E-state index in [0.29, 0.717) is 27.5 Å². The fourth-order valence-corrected chi connectivity index (χ4v) is 3.40. The zero-order valence-electron chi connectivity index (χ0n) is 13.8. The quantitative estimate of drug-likeness (QED) is 0.835. The van der Waals surface area contributed by atoms with Gasteiger partial charge in [0.2, 0.25) is 0 Å². The van der Waals surface area contributed by atoms with Crippen molar-refractivity contribution in [3.05, 3.63) is 40.4 Å². The van der Waals surface area contributed by atoms with Gasteiger partial charge in [-0.05, 0) is 43.0 Å². The Hall–Kier alpha value is -2.12. The molecule has 1 aromatic heterocycles. The molecule has 1 saturated heterocycles.